The monoisotopic (exact) mass is 299 g/mol. The summed E-state index contributed by atoms with van der Waals surface area (Å²) in [5, 5.41) is 17.1. The highest BCUT2D eigenvalue weighted by Gasteiger charge is 2.37. The van der Waals surface area contributed by atoms with Gasteiger partial charge in [0.2, 0.25) is 5.91 Å². The fourth-order valence-electron chi connectivity index (χ4n) is 2.61. The third-order valence-electron chi connectivity index (χ3n) is 3.64. The molecule has 7 nitrogen and oxygen atoms in total. The smallest absolute Gasteiger partial charge is 0.315 e. The third kappa shape index (κ3) is 6.46. The van der Waals surface area contributed by atoms with Gasteiger partial charge in [0.25, 0.3) is 0 Å². The molecule has 0 aromatic carbocycles. The normalized spacial score (nSPS) is 16.2. The van der Waals surface area contributed by atoms with E-state index in [1.54, 1.807) is 0 Å². The standard InChI is InChI=1S/C14H25N3O4/c1-2-8-15-11(18)5-9-16-13(21)17-14(10-12(19)20)6-3-4-7-14/h2-10H2,1H3,(H,15,18)(H,19,20)(H2,16,17,21). The van der Waals surface area contributed by atoms with Crippen LogP contribution in [0.1, 0.15) is 51.9 Å². The minimum Gasteiger partial charge on any atom is -0.481 e. The summed E-state index contributed by atoms with van der Waals surface area (Å²) in [4.78, 5) is 34.1. The Hall–Kier alpha value is -1.79. The summed E-state index contributed by atoms with van der Waals surface area (Å²) < 4.78 is 0. The second-order valence-electron chi connectivity index (χ2n) is 5.54. The molecular weight excluding hydrogens is 274 g/mol. The van der Waals surface area contributed by atoms with E-state index < -0.39 is 17.5 Å². The van der Waals surface area contributed by atoms with Crippen molar-refractivity contribution in [1.82, 2.24) is 16.0 Å². The first-order valence-electron chi connectivity index (χ1n) is 7.52. The van der Waals surface area contributed by atoms with E-state index >= 15 is 0 Å². The van der Waals surface area contributed by atoms with Gasteiger partial charge in [0, 0.05) is 19.5 Å². The number of nitrogens with one attached hydrogen (secondary N) is 3. The van der Waals surface area contributed by atoms with E-state index in [0.717, 1.165) is 19.3 Å². The molecule has 0 aromatic rings. The molecule has 0 atom stereocenters. The van der Waals surface area contributed by atoms with Gasteiger partial charge in [0.05, 0.1) is 12.0 Å². The third-order valence-corrected chi connectivity index (χ3v) is 3.64. The molecule has 0 aromatic heterocycles. The molecule has 0 aliphatic heterocycles. The summed E-state index contributed by atoms with van der Waals surface area (Å²) in [6.45, 7) is 2.84. The lowest BCUT2D eigenvalue weighted by Crippen LogP contribution is -2.52. The van der Waals surface area contributed by atoms with Crippen LogP contribution in [0.25, 0.3) is 0 Å². The summed E-state index contributed by atoms with van der Waals surface area (Å²) >= 11 is 0. The van der Waals surface area contributed by atoms with Crippen LogP contribution in [0.5, 0.6) is 0 Å². The minimum atomic E-state index is -0.906. The van der Waals surface area contributed by atoms with Crippen LogP contribution in [-0.4, -0.2) is 41.6 Å². The number of amides is 3. The molecule has 1 rings (SSSR count). The molecule has 7 heteroatoms. The molecule has 1 aliphatic rings. The molecule has 0 unspecified atom stereocenters. The van der Waals surface area contributed by atoms with Gasteiger partial charge in [0.1, 0.15) is 0 Å². The molecule has 0 radical (unpaired) electrons. The molecular formula is C14H25N3O4. The maximum atomic E-state index is 11.8. The van der Waals surface area contributed by atoms with E-state index in [0.29, 0.717) is 19.4 Å². The maximum Gasteiger partial charge on any atom is 0.315 e. The number of carboxylic acid groups (broad SMARTS) is 1. The molecule has 1 saturated carbocycles. The number of urea groups is 1. The van der Waals surface area contributed by atoms with Gasteiger partial charge in [-0.3, -0.25) is 9.59 Å². The van der Waals surface area contributed by atoms with Gasteiger partial charge in [-0.15, -0.1) is 0 Å². The fraction of sp³-hybridized carbons (Fsp3) is 0.786. The number of hydrogen-bond acceptors (Lipinski definition) is 3. The zero-order chi connectivity index (χ0) is 15.7. The molecule has 0 saturated heterocycles. The van der Waals surface area contributed by atoms with Crippen molar-refractivity contribution in [3.05, 3.63) is 0 Å². The van der Waals surface area contributed by atoms with Gasteiger partial charge in [-0.05, 0) is 19.3 Å². The molecule has 0 bridgehead atoms. The highest BCUT2D eigenvalue weighted by molar-refractivity contribution is 5.79. The van der Waals surface area contributed by atoms with Crippen LogP contribution < -0.4 is 16.0 Å². The van der Waals surface area contributed by atoms with Crippen LogP contribution in [0.4, 0.5) is 4.79 Å². The van der Waals surface area contributed by atoms with Gasteiger partial charge >= 0.3 is 12.0 Å². The van der Waals surface area contributed by atoms with Gasteiger partial charge in [0.15, 0.2) is 0 Å². The zero-order valence-electron chi connectivity index (χ0n) is 12.5. The second kappa shape index (κ2) is 8.49. The summed E-state index contributed by atoms with van der Waals surface area (Å²) in [5.74, 6) is -1.01. The Balaban J connectivity index is 2.31. The lowest BCUT2D eigenvalue weighted by Gasteiger charge is -2.28. The van der Waals surface area contributed by atoms with E-state index in [2.05, 4.69) is 16.0 Å². The Morgan fingerprint density at radius 3 is 2.33 bits per heavy atom. The number of carbonyl (C=O) groups is 3. The Labute approximate surface area is 124 Å². The summed E-state index contributed by atoms with van der Waals surface area (Å²) in [6.07, 6.45) is 4.25. The number of aliphatic carboxylic acids is 1. The van der Waals surface area contributed by atoms with Crippen LogP contribution in [0.3, 0.4) is 0 Å². The van der Waals surface area contributed by atoms with Crippen LogP contribution in [-0.2, 0) is 9.59 Å². The van der Waals surface area contributed by atoms with Gasteiger partial charge < -0.3 is 21.1 Å². The van der Waals surface area contributed by atoms with Crippen LogP contribution in [0.2, 0.25) is 0 Å². The summed E-state index contributed by atoms with van der Waals surface area (Å²) in [6, 6.07) is -0.401. The van der Waals surface area contributed by atoms with Gasteiger partial charge in [-0.1, -0.05) is 19.8 Å². The fourth-order valence-corrected chi connectivity index (χ4v) is 2.61. The average Bonchev–Trinajstić information content (AvgIpc) is 2.83. The first kappa shape index (κ1) is 17.3. The average molecular weight is 299 g/mol. The topological polar surface area (TPSA) is 108 Å². The van der Waals surface area contributed by atoms with Crippen molar-refractivity contribution in [1.29, 1.82) is 0 Å². The summed E-state index contributed by atoms with van der Waals surface area (Å²) in [7, 11) is 0. The highest BCUT2D eigenvalue weighted by atomic mass is 16.4. The molecule has 1 aliphatic carbocycles. The van der Waals surface area contributed by atoms with Crippen molar-refractivity contribution in [2.75, 3.05) is 13.1 Å². The number of carbonyl (C=O) groups excluding carboxylic acids is 2. The van der Waals surface area contributed by atoms with Crippen molar-refractivity contribution >= 4 is 17.9 Å². The zero-order valence-corrected chi connectivity index (χ0v) is 12.5. The molecule has 1 fully saturated rings. The predicted molar refractivity (Wildman–Crippen MR) is 77.9 cm³/mol. The van der Waals surface area contributed by atoms with Crippen molar-refractivity contribution in [3.63, 3.8) is 0 Å². The lowest BCUT2D eigenvalue weighted by molar-refractivity contribution is -0.138. The SMILES string of the molecule is CCCNC(=O)CCNC(=O)NC1(CC(=O)O)CCCC1. The number of hydrogen-bond donors (Lipinski definition) is 4. The van der Waals surface area contributed by atoms with E-state index in [1.807, 2.05) is 6.92 Å². The van der Waals surface area contributed by atoms with Gasteiger partial charge in [-0.25, -0.2) is 4.79 Å². The van der Waals surface area contributed by atoms with Gasteiger partial charge in [-0.2, -0.15) is 0 Å². The summed E-state index contributed by atoms with van der Waals surface area (Å²) in [5.41, 5.74) is -0.639. The quantitative estimate of drug-likeness (QED) is 0.536. The molecule has 4 N–H and O–H groups in total. The van der Waals surface area contributed by atoms with E-state index in [4.69, 9.17) is 5.11 Å². The molecule has 3 amide bonds. The minimum absolute atomic E-state index is 0.0581. The van der Waals surface area contributed by atoms with Crippen molar-refractivity contribution < 1.29 is 19.5 Å². The molecule has 0 heterocycles. The second-order valence-corrected chi connectivity index (χ2v) is 5.54. The molecule has 0 spiro atoms. The van der Waals surface area contributed by atoms with E-state index in [9.17, 15) is 14.4 Å². The Kier molecular flexibility index (Phi) is 6.98. The van der Waals surface area contributed by atoms with E-state index in [1.165, 1.54) is 0 Å². The largest absolute Gasteiger partial charge is 0.481 e. The van der Waals surface area contributed by atoms with E-state index in [-0.39, 0.29) is 25.3 Å². The first-order valence-corrected chi connectivity index (χ1v) is 7.52. The van der Waals surface area contributed by atoms with Crippen molar-refractivity contribution in [2.24, 2.45) is 0 Å². The molecule has 21 heavy (non-hydrogen) atoms. The van der Waals surface area contributed by atoms with Crippen molar-refractivity contribution in [3.8, 4) is 0 Å². The maximum absolute atomic E-state index is 11.8. The lowest BCUT2D eigenvalue weighted by atomic mass is 9.93. The van der Waals surface area contributed by atoms with Crippen LogP contribution >= 0.6 is 0 Å². The first-order chi connectivity index (χ1) is 9.97. The highest BCUT2D eigenvalue weighted by Crippen LogP contribution is 2.32. The van der Waals surface area contributed by atoms with Crippen molar-refractivity contribution in [2.45, 2.75) is 57.4 Å². The van der Waals surface area contributed by atoms with Crippen LogP contribution in [0, 0.1) is 0 Å². The molecule has 120 valence electrons. The predicted octanol–water partition coefficient (Wildman–Crippen LogP) is 0.989. The number of rotatable bonds is 8. The van der Waals surface area contributed by atoms with Crippen LogP contribution in [0.15, 0.2) is 0 Å². The number of carboxylic acids is 1. The Morgan fingerprint density at radius 1 is 1.10 bits per heavy atom. The Bertz CT molecular complexity index is 378. The Morgan fingerprint density at radius 2 is 1.76 bits per heavy atom.